The summed E-state index contributed by atoms with van der Waals surface area (Å²) in [5.41, 5.74) is 3.22. The molecule has 12 nitrogen and oxygen atoms in total. The number of carbonyl (C=O) groups is 2. The molecular weight excluding hydrogens is 771 g/mol. The van der Waals surface area contributed by atoms with Gasteiger partial charge in [-0.15, -0.1) is 0 Å². The third-order valence-corrected chi connectivity index (χ3v) is 11.3. The summed E-state index contributed by atoms with van der Waals surface area (Å²) >= 11 is 13.1. The van der Waals surface area contributed by atoms with E-state index >= 15 is 0 Å². The Balaban J connectivity index is 1.17. The molecule has 3 aliphatic heterocycles. The lowest BCUT2D eigenvalue weighted by Crippen LogP contribution is -2.52. The Morgan fingerprint density at radius 3 is 2.30 bits per heavy atom. The van der Waals surface area contributed by atoms with Crippen LogP contribution in [0.2, 0.25) is 10.0 Å². The number of nitrogens with one attached hydrogen (secondary N) is 1. The molecule has 3 atom stereocenters. The molecule has 5 aromatic rings. The molecule has 2 aromatic heterocycles. The van der Waals surface area contributed by atoms with E-state index in [1.807, 2.05) is 48.5 Å². The average molecular weight is 814 g/mol. The van der Waals surface area contributed by atoms with Gasteiger partial charge in [0.1, 0.15) is 28.5 Å². The van der Waals surface area contributed by atoms with Gasteiger partial charge in [0.15, 0.2) is 11.5 Å². The topological polar surface area (TPSA) is 146 Å². The number of rotatable bonds is 14. The highest BCUT2D eigenvalue weighted by molar-refractivity contribution is 6.35. The number of fused-ring (bicyclic) bond motifs is 3. The number of carboxylic acid groups (broad SMARTS) is 1. The minimum atomic E-state index is -1.42. The summed E-state index contributed by atoms with van der Waals surface area (Å²) in [4.78, 5) is 33.1. The van der Waals surface area contributed by atoms with E-state index in [4.69, 9.17) is 47.1 Å². The quantitative estimate of drug-likeness (QED) is 0.0989. The van der Waals surface area contributed by atoms with E-state index in [1.54, 1.807) is 30.3 Å². The lowest BCUT2D eigenvalue weighted by atomic mass is 9.86. The van der Waals surface area contributed by atoms with Crippen LogP contribution < -0.4 is 29.4 Å². The van der Waals surface area contributed by atoms with Gasteiger partial charge in [0.25, 0.3) is 0 Å². The van der Waals surface area contributed by atoms with Gasteiger partial charge in [0.05, 0.1) is 37.6 Å². The predicted molar refractivity (Wildman–Crippen MR) is 209 cm³/mol. The van der Waals surface area contributed by atoms with Crippen molar-refractivity contribution in [3.05, 3.63) is 147 Å². The summed E-state index contributed by atoms with van der Waals surface area (Å²) in [6.07, 6.45) is 4.13. The summed E-state index contributed by atoms with van der Waals surface area (Å²) in [6.45, 7) is 2.82. The molecule has 296 valence electrons. The summed E-state index contributed by atoms with van der Waals surface area (Å²) in [5, 5.41) is 26.0. The Morgan fingerprint density at radius 1 is 0.912 bits per heavy atom. The first kappa shape index (κ1) is 39.7. The van der Waals surface area contributed by atoms with Crippen LogP contribution >= 0.6 is 23.2 Å². The number of nitrogens with zero attached hydrogens (tertiary/aromatic N) is 3. The molecule has 2 N–H and O–H groups in total. The second-order valence-corrected chi connectivity index (χ2v) is 15.0. The first-order valence-electron chi connectivity index (χ1n) is 18.6. The number of hydrogen-bond acceptors (Lipinski definition) is 10. The molecule has 2 bridgehead atoms. The zero-order chi connectivity index (χ0) is 40.1. The molecule has 1 amide bonds. The van der Waals surface area contributed by atoms with E-state index in [9.17, 15) is 19.9 Å². The lowest BCUT2D eigenvalue weighted by Gasteiger charge is -2.43. The molecule has 5 heterocycles. The molecule has 14 heteroatoms. The second-order valence-electron chi connectivity index (χ2n) is 14.1. The fraction of sp³-hybridized carbons (Fsp3) is 0.302. The number of aromatic nitrogens is 2. The Morgan fingerprint density at radius 2 is 1.63 bits per heavy atom. The van der Waals surface area contributed by atoms with Crippen molar-refractivity contribution in [1.29, 1.82) is 0 Å². The number of carboxylic acids is 1. The summed E-state index contributed by atoms with van der Waals surface area (Å²) in [6, 6.07) is 24.8. The number of benzene rings is 3. The van der Waals surface area contributed by atoms with Crippen LogP contribution in [0.4, 0.5) is 4.79 Å². The largest absolute Gasteiger partial charge is 0.545 e. The molecular formula is C43H42Cl2N4O8. The van der Waals surface area contributed by atoms with Gasteiger partial charge in [-0.3, -0.25) is 15.1 Å². The second kappa shape index (κ2) is 17.7. The highest BCUT2D eigenvalue weighted by Gasteiger charge is 2.37. The smallest absolute Gasteiger partial charge is 0.408 e. The number of ether oxygens (including phenoxy) is 4. The Bertz CT molecular complexity index is 2210. The fourth-order valence-corrected chi connectivity index (χ4v) is 8.30. The highest BCUT2D eigenvalue weighted by Crippen LogP contribution is 2.38. The van der Waals surface area contributed by atoms with Crippen molar-refractivity contribution >= 4 is 35.3 Å². The molecule has 0 saturated carbocycles. The molecule has 8 rings (SSSR count). The van der Waals surface area contributed by atoms with Crippen LogP contribution in [0.15, 0.2) is 97.3 Å². The molecule has 0 radical (unpaired) electrons. The van der Waals surface area contributed by atoms with Crippen molar-refractivity contribution in [2.24, 2.45) is 5.92 Å². The molecule has 3 aromatic carbocycles. The lowest BCUT2D eigenvalue weighted by molar-refractivity contribution is -0.904. The van der Waals surface area contributed by atoms with Crippen LogP contribution in [0.25, 0.3) is 0 Å². The zero-order valence-corrected chi connectivity index (χ0v) is 32.9. The van der Waals surface area contributed by atoms with E-state index in [0.717, 1.165) is 48.3 Å². The zero-order valence-electron chi connectivity index (χ0n) is 31.4. The van der Waals surface area contributed by atoms with Gasteiger partial charge < -0.3 is 34.2 Å². The van der Waals surface area contributed by atoms with Gasteiger partial charge in [-0.2, -0.15) is 0 Å². The molecule has 57 heavy (non-hydrogen) atoms. The normalized spacial score (nSPS) is 18.3. The SMILES string of the molecule is COc1ccc([C@H](Cc2c(Cl)c[n+](O)cc2Cl)c2nc(COc3cccc([C@@H](NC(=O)O[C@H]4CN5CCC4CC5)c4ccccc4)c3)ccc2C(=O)[O-])cc1OC. The molecule has 0 spiro atoms. The van der Waals surface area contributed by atoms with Gasteiger partial charge in [0.2, 0.25) is 12.4 Å². The number of halogens is 2. The molecule has 3 fully saturated rings. The Kier molecular flexibility index (Phi) is 12.3. The number of aromatic carboxylic acids is 1. The highest BCUT2D eigenvalue weighted by atomic mass is 35.5. The molecule has 0 unspecified atom stereocenters. The van der Waals surface area contributed by atoms with Crippen molar-refractivity contribution in [3.8, 4) is 17.2 Å². The van der Waals surface area contributed by atoms with Crippen LogP contribution in [0.3, 0.4) is 0 Å². The minimum absolute atomic E-state index is 0.0230. The number of alkyl carbamates (subject to hydrolysis) is 1. The van der Waals surface area contributed by atoms with E-state index in [2.05, 4.69) is 10.2 Å². The third kappa shape index (κ3) is 9.20. The standard InChI is InChI=1S/C43H42Cl2N4O8/c1-54-37-14-11-28(20-38(37)55-2)33(21-34-35(44)22-49(53)23-36(34)45)41-32(42(50)51)13-12-30(46-41)25-56-31-10-6-9-29(19-31)40(27-7-4-3-5-8-27)47-43(52)57-39-24-48-17-15-26(39)16-18-48/h3-14,19-20,22-23,26,33,39-40H,15-18,21,24-25H2,1-2H3,(H2-,47,50,51,52,53)/t33-,39-,40-/m0/s1. The first-order valence-corrected chi connectivity index (χ1v) is 19.3. The summed E-state index contributed by atoms with van der Waals surface area (Å²) in [7, 11) is 3.02. The molecule has 3 saturated heterocycles. The van der Waals surface area contributed by atoms with Crippen LogP contribution in [-0.4, -0.2) is 67.1 Å². The van der Waals surface area contributed by atoms with Crippen molar-refractivity contribution in [2.75, 3.05) is 33.9 Å². The van der Waals surface area contributed by atoms with Crippen molar-refractivity contribution < 1.29 is 43.6 Å². The Labute approximate surface area is 340 Å². The van der Waals surface area contributed by atoms with Crippen molar-refractivity contribution in [1.82, 2.24) is 15.2 Å². The molecule has 3 aliphatic rings. The van der Waals surface area contributed by atoms with Crippen molar-refractivity contribution in [2.45, 2.75) is 43.9 Å². The van der Waals surface area contributed by atoms with Gasteiger partial charge in [0, 0.05) is 28.3 Å². The number of hydrogen-bond donors (Lipinski definition) is 2. The fourth-order valence-electron chi connectivity index (χ4n) is 7.70. The maximum absolute atomic E-state index is 13.4. The van der Waals surface area contributed by atoms with Gasteiger partial charge >= 0.3 is 6.09 Å². The monoisotopic (exact) mass is 812 g/mol. The molecule has 0 aliphatic carbocycles. The Hall–Kier alpha value is -5.56. The maximum Gasteiger partial charge on any atom is 0.408 e. The number of amides is 1. The van der Waals surface area contributed by atoms with E-state index in [-0.39, 0.29) is 40.4 Å². The number of piperidine rings is 3. The van der Waals surface area contributed by atoms with Gasteiger partial charge in [-0.1, -0.05) is 71.7 Å². The van der Waals surface area contributed by atoms with Crippen LogP contribution in [-0.2, 0) is 17.8 Å². The number of methoxy groups -OCH3 is 2. The van der Waals surface area contributed by atoms with E-state index < -0.39 is 24.0 Å². The third-order valence-electron chi connectivity index (χ3n) is 10.6. The van der Waals surface area contributed by atoms with E-state index in [0.29, 0.717) is 40.0 Å². The van der Waals surface area contributed by atoms with E-state index in [1.165, 1.54) is 32.7 Å². The van der Waals surface area contributed by atoms with Crippen LogP contribution in [0, 0.1) is 5.92 Å². The van der Waals surface area contributed by atoms with Crippen LogP contribution in [0.1, 0.15) is 68.8 Å². The average Bonchev–Trinajstić information content (AvgIpc) is 3.22. The van der Waals surface area contributed by atoms with Crippen LogP contribution in [0.5, 0.6) is 17.2 Å². The minimum Gasteiger partial charge on any atom is -0.545 e. The summed E-state index contributed by atoms with van der Waals surface area (Å²) in [5.74, 6) is -0.379. The predicted octanol–water partition coefficient (Wildman–Crippen LogP) is 6.16. The van der Waals surface area contributed by atoms with Gasteiger partial charge in [-0.05, 0) is 91.4 Å². The number of carbonyl (C=O) groups excluding carboxylic acids is 2. The van der Waals surface area contributed by atoms with Crippen molar-refractivity contribution in [3.63, 3.8) is 0 Å². The summed E-state index contributed by atoms with van der Waals surface area (Å²) < 4.78 is 24.0. The first-order chi connectivity index (χ1) is 27.6. The number of pyridine rings is 2. The maximum atomic E-state index is 13.4. The van der Waals surface area contributed by atoms with Gasteiger partial charge in [-0.25, -0.2) is 4.79 Å².